The van der Waals surface area contributed by atoms with Crippen LogP contribution in [0.2, 0.25) is 0 Å². The molecule has 1 aromatic rings. The lowest BCUT2D eigenvalue weighted by Crippen LogP contribution is -2.35. The van der Waals surface area contributed by atoms with Crippen molar-refractivity contribution in [2.24, 2.45) is 11.8 Å². The van der Waals surface area contributed by atoms with Crippen molar-refractivity contribution in [2.75, 3.05) is 7.05 Å². The number of nitrogens with one attached hydrogen (secondary N) is 1. The van der Waals surface area contributed by atoms with Crippen LogP contribution in [0.3, 0.4) is 0 Å². The molecule has 1 N–H and O–H groups in total. The van der Waals surface area contributed by atoms with Gasteiger partial charge in [0.15, 0.2) is 0 Å². The van der Waals surface area contributed by atoms with Crippen LogP contribution >= 0.6 is 11.3 Å². The van der Waals surface area contributed by atoms with E-state index in [2.05, 4.69) is 52.2 Å². The minimum absolute atomic E-state index is 0.163. The van der Waals surface area contributed by atoms with E-state index in [-0.39, 0.29) is 5.41 Å². The molecule has 18 heavy (non-hydrogen) atoms. The van der Waals surface area contributed by atoms with E-state index in [1.165, 1.54) is 10.7 Å². The molecular formula is C15H28N2S. The summed E-state index contributed by atoms with van der Waals surface area (Å²) in [7, 11) is 2.04. The molecule has 2 atom stereocenters. The molecule has 1 rings (SSSR count). The quantitative estimate of drug-likeness (QED) is 0.877. The fourth-order valence-electron chi connectivity index (χ4n) is 2.15. The molecule has 0 saturated carbocycles. The molecule has 0 aromatic carbocycles. The van der Waals surface area contributed by atoms with E-state index in [4.69, 9.17) is 4.98 Å². The summed E-state index contributed by atoms with van der Waals surface area (Å²) in [5.41, 5.74) is 1.39. The lowest BCUT2D eigenvalue weighted by molar-refractivity contribution is 0.299. The standard InChI is InChI=1S/C15H28N2S/c1-10(2)12(11(3)16-7)8-14-17-13(9-18-14)15(4,5)6/h9-12,16H,8H2,1-7H3. The van der Waals surface area contributed by atoms with Crippen LogP contribution in [0.5, 0.6) is 0 Å². The Morgan fingerprint density at radius 2 is 1.89 bits per heavy atom. The van der Waals surface area contributed by atoms with Crippen molar-refractivity contribution < 1.29 is 0 Å². The molecule has 0 bridgehead atoms. The van der Waals surface area contributed by atoms with Gasteiger partial charge in [-0.15, -0.1) is 11.3 Å². The van der Waals surface area contributed by atoms with Crippen molar-refractivity contribution in [3.05, 3.63) is 16.1 Å². The van der Waals surface area contributed by atoms with Gasteiger partial charge < -0.3 is 5.32 Å². The first-order valence-corrected chi connectivity index (χ1v) is 7.75. The Kier molecular flexibility index (Phi) is 5.35. The topological polar surface area (TPSA) is 24.9 Å². The first-order chi connectivity index (χ1) is 8.25. The van der Waals surface area contributed by atoms with Gasteiger partial charge in [0.25, 0.3) is 0 Å². The Labute approximate surface area is 116 Å². The second-order valence-corrected chi connectivity index (χ2v) is 7.51. The molecule has 0 aliphatic rings. The van der Waals surface area contributed by atoms with E-state index >= 15 is 0 Å². The van der Waals surface area contributed by atoms with E-state index in [1.807, 2.05) is 18.4 Å². The molecule has 0 spiro atoms. The zero-order valence-corrected chi connectivity index (χ0v) is 13.7. The highest BCUT2D eigenvalue weighted by Crippen LogP contribution is 2.27. The Balaban J connectivity index is 2.79. The van der Waals surface area contributed by atoms with E-state index in [1.54, 1.807) is 0 Å². The van der Waals surface area contributed by atoms with E-state index in [0.717, 1.165) is 6.42 Å². The van der Waals surface area contributed by atoms with Gasteiger partial charge in [-0.3, -0.25) is 0 Å². The summed E-state index contributed by atoms with van der Waals surface area (Å²) in [6, 6.07) is 0.534. The normalized spacial score (nSPS) is 16.0. The van der Waals surface area contributed by atoms with Crippen LogP contribution in [0.4, 0.5) is 0 Å². The van der Waals surface area contributed by atoms with Gasteiger partial charge >= 0.3 is 0 Å². The predicted octanol–water partition coefficient (Wildman–Crippen LogP) is 3.86. The van der Waals surface area contributed by atoms with Crippen molar-refractivity contribution in [3.63, 3.8) is 0 Å². The van der Waals surface area contributed by atoms with Crippen LogP contribution in [-0.4, -0.2) is 18.1 Å². The van der Waals surface area contributed by atoms with Crippen molar-refractivity contribution in [2.45, 2.75) is 59.4 Å². The highest BCUT2D eigenvalue weighted by atomic mass is 32.1. The molecule has 1 heterocycles. The maximum Gasteiger partial charge on any atom is 0.0931 e. The molecule has 2 unspecified atom stereocenters. The summed E-state index contributed by atoms with van der Waals surface area (Å²) < 4.78 is 0. The summed E-state index contributed by atoms with van der Waals surface area (Å²) in [5.74, 6) is 1.32. The lowest BCUT2D eigenvalue weighted by Gasteiger charge is -2.26. The van der Waals surface area contributed by atoms with Gasteiger partial charge in [0.2, 0.25) is 0 Å². The molecule has 0 radical (unpaired) electrons. The Morgan fingerprint density at radius 3 is 2.28 bits per heavy atom. The lowest BCUT2D eigenvalue weighted by atomic mass is 9.86. The number of hydrogen-bond acceptors (Lipinski definition) is 3. The van der Waals surface area contributed by atoms with Gasteiger partial charge in [-0.2, -0.15) is 0 Å². The predicted molar refractivity (Wildman–Crippen MR) is 81.4 cm³/mol. The number of nitrogens with zero attached hydrogens (tertiary/aromatic N) is 1. The van der Waals surface area contributed by atoms with Crippen molar-refractivity contribution in [3.8, 4) is 0 Å². The van der Waals surface area contributed by atoms with E-state index in [0.29, 0.717) is 17.9 Å². The van der Waals surface area contributed by atoms with Gasteiger partial charge in [-0.25, -0.2) is 4.98 Å². The average Bonchev–Trinajstić information content (AvgIpc) is 2.72. The highest BCUT2D eigenvalue weighted by Gasteiger charge is 2.23. The third-order valence-electron chi connectivity index (χ3n) is 3.68. The molecule has 104 valence electrons. The number of aromatic nitrogens is 1. The molecule has 3 heteroatoms. The van der Waals surface area contributed by atoms with E-state index in [9.17, 15) is 0 Å². The fourth-order valence-corrected chi connectivity index (χ4v) is 3.25. The molecule has 0 amide bonds. The van der Waals surface area contributed by atoms with Crippen molar-refractivity contribution in [1.29, 1.82) is 0 Å². The zero-order chi connectivity index (χ0) is 13.9. The van der Waals surface area contributed by atoms with Crippen LogP contribution in [0, 0.1) is 11.8 Å². The first kappa shape index (κ1) is 15.6. The third kappa shape index (κ3) is 4.06. The van der Waals surface area contributed by atoms with Crippen molar-refractivity contribution >= 4 is 11.3 Å². The number of hydrogen-bond donors (Lipinski definition) is 1. The van der Waals surface area contributed by atoms with Gasteiger partial charge in [-0.05, 0) is 25.8 Å². The largest absolute Gasteiger partial charge is 0.317 e. The minimum Gasteiger partial charge on any atom is -0.317 e. The van der Waals surface area contributed by atoms with Crippen LogP contribution < -0.4 is 5.32 Å². The van der Waals surface area contributed by atoms with Gasteiger partial charge in [0, 0.05) is 23.3 Å². The van der Waals surface area contributed by atoms with Crippen LogP contribution in [0.15, 0.2) is 5.38 Å². The second kappa shape index (κ2) is 6.16. The molecule has 0 aliphatic heterocycles. The third-order valence-corrected chi connectivity index (χ3v) is 4.56. The highest BCUT2D eigenvalue weighted by molar-refractivity contribution is 7.09. The van der Waals surface area contributed by atoms with Crippen LogP contribution in [0.1, 0.15) is 52.2 Å². The molecular weight excluding hydrogens is 240 g/mol. The number of thiazole rings is 1. The SMILES string of the molecule is CNC(C)C(Cc1nc(C(C)(C)C)cs1)C(C)C. The Bertz CT molecular complexity index is 363. The average molecular weight is 268 g/mol. The van der Waals surface area contributed by atoms with E-state index < -0.39 is 0 Å². The monoisotopic (exact) mass is 268 g/mol. The number of rotatable bonds is 5. The second-order valence-electron chi connectivity index (χ2n) is 6.57. The Morgan fingerprint density at radius 1 is 1.28 bits per heavy atom. The smallest absolute Gasteiger partial charge is 0.0931 e. The summed E-state index contributed by atoms with van der Waals surface area (Å²) in [4.78, 5) is 4.81. The molecule has 2 nitrogen and oxygen atoms in total. The summed E-state index contributed by atoms with van der Waals surface area (Å²) in [5, 5.41) is 6.88. The zero-order valence-electron chi connectivity index (χ0n) is 12.9. The molecule has 1 aromatic heterocycles. The fraction of sp³-hybridized carbons (Fsp3) is 0.800. The van der Waals surface area contributed by atoms with Gasteiger partial charge in [-0.1, -0.05) is 34.6 Å². The molecule has 0 aliphatic carbocycles. The molecule has 0 saturated heterocycles. The van der Waals surface area contributed by atoms with Crippen molar-refractivity contribution in [1.82, 2.24) is 10.3 Å². The molecule has 0 fully saturated rings. The maximum atomic E-state index is 4.81. The minimum atomic E-state index is 0.163. The van der Waals surface area contributed by atoms with Crippen LogP contribution in [-0.2, 0) is 11.8 Å². The Hall–Kier alpha value is -0.410. The summed E-state index contributed by atoms with van der Waals surface area (Å²) >= 11 is 1.81. The van der Waals surface area contributed by atoms with Crippen LogP contribution in [0.25, 0.3) is 0 Å². The summed E-state index contributed by atoms with van der Waals surface area (Å²) in [6.07, 6.45) is 1.08. The summed E-state index contributed by atoms with van der Waals surface area (Å²) in [6.45, 7) is 13.5. The van der Waals surface area contributed by atoms with Gasteiger partial charge in [0.1, 0.15) is 0 Å². The first-order valence-electron chi connectivity index (χ1n) is 6.87. The maximum absolute atomic E-state index is 4.81. The van der Waals surface area contributed by atoms with Gasteiger partial charge in [0.05, 0.1) is 10.7 Å².